The van der Waals surface area contributed by atoms with Gasteiger partial charge >= 0.3 is 0 Å². The average molecular weight is 303 g/mol. The predicted octanol–water partition coefficient (Wildman–Crippen LogP) is 1.04. The summed E-state index contributed by atoms with van der Waals surface area (Å²) in [6, 6.07) is 5.39. The highest BCUT2D eigenvalue weighted by molar-refractivity contribution is 5.90. The molecule has 2 saturated heterocycles. The van der Waals surface area contributed by atoms with Gasteiger partial charge in [0.1, 0.15) is 12.1 Å². The van der Waals surface area contributed by atoms with Crippen LogP contribution < -0.4 is 10.1 Å². The molecular formula is C16H21N3O3. The lowest BCUT2D eigenvalue weighted by molar-refractivity contribution is -0.136. The minimum Gasteiger partial charge on any atom is -0.474 e. The molecular weight excluding hydrogens is 282 g/mol. The molecule has 6 heteroatoms. The molecule has 0 saturated carbocycles. The summed E-state index contributed by atoms with van der Waals surface area (Å²) >= 11 is 0. The molecule has 1 atom stereocenters. The summed E-state index contributed by atoms with van der Waals surface area (Å²) in [7, 11) is 0. The number of carbonyl (C=O) groups is 2. The lowest BCUT2D eigenvalue weighted by Crippen LogP contribution is -2.49. The second-order valence-electron chi connectivity index (χ2n) is 5.92. The molecule has 1 aromatic rings. The zero-order valence-electron chi connectivity index (χ0n) is 12.7. The Labute approximate surface area is 129 Å². The first-order valence-corrected chi connectivity index (χ1v) is 7.80. The van der Waals surface area contributed by atoms with Gasteiger partial charge in [-0.05, 0) is 19.4 Å². The summed E-state index contributed by atoms with van der Waals surface area (Å²) in [6.07, 6.45) is 2.75. The molecule has 0 bridgehead atoms. The Hall–Kier alpha value is -2.11. The van der Waals surface area contributed by atoms with Crippen LogP contribution >= 0.6 is 0 Å². The van der Waals surface area contributed by atoms with E-state index in [0.717, 1.165) is 18.5 Å². The Balaban J connectivity index is 1.50. The van der Waals surface area contributed by atoms with Gasteiger partial charge in [0, 0.05) is 44.1 Å². The first-order chi connectivity index (χ1) is 10.6. The van der Waals surface area contributed by atoms with Crippen LogP contribution in [0.3, 0.4) is 0 Å². The van der Waals surface area contributed by atoms with Crippen molar-refractivity contribution in [2.45, 2.75) is 44.8 Å². The second kappa shape index (κ2) is 6.34. The van der Waals surface area contributed by atoms with E-state index >= 15 is 0 Å². The second-order valence-corrected chi connectivity index (χ2v) is 5.92. The summed E-state index contributed by atoms with van der Waals surface area (Å²) in [4.78, 5) is 29.7. The van der Waals surface area contributed by atoms with Gasteiger partial charge in [0.05, 0.1) is 0 Å². The van der Waals surface area contributed by atoms with Gasteiger partial charge < -0.3 is 15.0 Å². The van der Waals surface area contributed by atoms with E-state index in [4.69, 9.17) is 4.74 Å². The first kappa shape index (κ1) is 14.8. The van der Waals surface area contributed by atoms with Gasteiger partial charge in [-0.3, -0.25) is 9.59 Å². The number of nitrogens with zero attached hydrogens (tertiary/aromatic N) is 2. The Kier molecular flexibility index (Phi) is 4.27. The lowest BCUT2D eigenvalue weighted by atomic mass is 10.1. The molecule has 2 aliphatic heterocycles. The summed E-state index contributed by atoms with van der Waals surface area (Å²) in [5.41, 5.74) is 0.932. The highest BCUT2D eigenvalue weighted by Crippen LogP contribution is 2.19. The third kappa shape index (κ3) is 3.37. The van der Waals surface area contributed by atoms with Gasteiger partial charge in [-0.1, -0.05) is 6.07 Å². The summed E-state index contributed by atoms with van der Waals surface area (Å²) in [6.45, 7) is 3.27. The van der Waals surface area contributed by atoms with Crippen molar-refractivity contribution in [3.8, 4) is 5.88 Å². The summed E-state index contributed by atoms with van der Waals surface area (Å²) in [5, 5.41) is 2.74. The molecule has 0 aliphatic carbocycles. The van der Waals surface area contributed by atoms with Crippen molar-refractivity contribution in [2.75, 3.05) is 13.1 Å². The number of aromatic nitrogens is 1. The first-order valence-electron chi connectivity index (χ1n) is 7.80. The molecule has 3 rings (SSSR count). The van der Waals surface area contributed by atoms with Gasteiger partial charge in [0.25, 0.3) is 0 Å². The fraction of sp³-hybridized carbons (Fsp3) is 0.562. The van der Waals surface area contributed by atoms with Crippen LogP contribution in [0.15, 0.2) is 18.2 Å². The van der Waals surface area contributed by atoms with Crippen molar-refractivity contribution in [2.24, 2.45) is 0 Å². The van der Waals surface area contributed by atoms with Crippen molar-refractivity contribution < 1.29 is 14.3 Å². The lowest BCUT2D eigenvalue weighted by Gasteiger charge is -2.33. The number of rotatable bonds is 3. The number of nitrogens with one attached hydrogen (secondary N) is 1. The standard InChI is InChI=1S/C16H21N3O3/c1-11-3-2-4-15(17-11)22-12-7-9-19(10-8-12)16(21)13-5-6-14(20)18-13/h2-4,12-13H,5-10H2,1H3,(H,18,20)/t13-/m0/s1. The SMILES string of the molecule is Cc1cccc(OC2CCN(C(=O)[C@@H]3CCC(=O)N3)CC2)n1. The zero-order chi connectivity index (χ0) is 15.5. The molecule has 3 heterocycles. The van der Waals surface area contributed by atoms with E-state index < -0.39 is 0 Å². The number of ether oxygens (including phenoxy) is 1. The van der Waals surface area contributed by atoms with Gasteiger partial charge in [0.2, 0.25) is 17.7 Å². The molecule has 2 amide bonds. The van der Waals surface area contributed by atoms with Crippen molar-refractivity contribution in [1.29, 1.82) is 0 Å². The van der Waals surface area contributed by atoms with E-state index in [1.165, 1.54) is 0 Å². The molecule has 1 N–H and O–H groups in total. The van der Waals surface area contributed by atoms with Gasteiger partial charge in [-0.15, -0.1) is 0 Å². The highest BCUT2D eigenvalue weighted by Gasteiger charge is 2.33. The van der Waals surface area contributed by atoms with Crippen LogP contribution in [0, 0.1) is 6.92 Å². The number of pyridine rings is 1. The van der Waals surface area contributed by atoms with Crippen LogP contribution in [-0.4, -0.2) is 46.9 Å². The van der Waals surface area contributed by atoms with E-state index in [1.807, 2.05) is 30.0 Å². The number of aryl methyl sites for hydroxylation is 1. The molecule has 6 nitrogen and oxygen atoms in total. The normalized spacial score (nSPS) is 22.5. The molecule has 2 aliphatic rings. The molecule has 22 heavy (non-hydrogen) atoms. The Morgan fingerprint density at radius 3 is 2.73 bits per heavy atom. The third-order valence-corrected chi connectivity index (χ3v) is 4.20. The van der Waals surface area contributed by atoms with E-state index in [9.17, 15) is 9.59 Å². The van der Waals surface area contributed by atoms with Crippen LogP contribution in [0.25, 0.3) is 0 Å². The van der Waals surface area contributed by atoms with Crippen LogP contribution in [0.5, 0.6) is 5.88 Å². The molecule has 0 spiro atoms. The maximum absolute atomic E-state index is 12.3. The average Bonchev–Trinajstić information content (AvgIpc) is 2.94. The maximum Gasteiger partial charge on any atom is 0.245 e. The van der Waals surface area contributed by atoms with E-state index in [0.29, 0.717) is 31.8 Å². The smallest absolute Gasteiger partial charge is 0.245 e. The largest absolute Gasteiger partial charge is 0.474 e. The highest BCUT2D eigenvalue weighted by atomic mass is 16.5. The molecule has 1 aromatic heterocycles. The van der Waals surface area contributed by atoms with Gasteiger partial charge in [-0.25, -0.2) is 4.98 Å². The monoisotopic (exact) mass is 303 g/mol. The molecule has 0 radical (unpaired) electrons. The number of likely N-dealkylation sites (tertiary alicyclic amines) is 1. The number of carbonyl (C=O) groups excluding carboxylic acids is 2. The quantitative estimate of drug-likeness (QED) is 0.905. The zero-order valence-corrected chi connectivity index (χ0v) is 12.7. The number of hydrogen-bond donors (Lipinski definition) is 1. The van der Waals surface area contributed by atoms with Crippen molar-refractivity contribution in [3.05, 3.63) is 23.9 Å². The van der Waals surface area contributed by atoms with Crippen molar-refractivity contribution >= 4 is 11.8 Å². The topological polar surface area (TPSA) is 71.5 Å². The Morgan fingerprint density at radius 2 is 2.09 bits per heavy atom. The maximum atomic E-state index is 12.3. The van der Waals surface area contributed by atoms with Crippen molar-refractivity contribution in [1.82, 2.24) is 15.2 Å². The minimum atomic E-state index is -0.330. The fourth-order valence-corrected chi connectivity index (χ4v) is 2.97. The predicted molar refractivity (Wildman–Crippen MR) is 80.4 cm³/mol. The van der Waals surface area contributed by atoms with Crippen LogP contribution in [0.1, 0.15) is 31.4 Å². The molecule has 118 valence electrons. The van der Waals surface area contributed by atoms with E-state index in [1.54, 1.807) is 0 Å². The van der Waals surface area contributed by atoms with E-state index in [2.05, 4.69) is 10.3 Å². The number of hydrogen-bond acceptors (Lipinski definition) is 4. The van der Waals surface area contributed by atoms with Crippen LogP contribution in [-0.2, 0) is 9.59 Å². The van der Waals surface area contributed by atoms with Gasteiger partial charge in [0.15, 0.2) is 0 Å². The molecule has 2 fully saturated rings. The van der Waals surface area contributed by atoms with E-state index in [-0.39, 0.29) is 24.0 Å². The number of piperidine rings is 1. The molecule has 0 unspecified atom stereocenters. The molecule has 0 aromatic carbocycles. The minimum absolute atomic E-state index is 0.0258. The third-order valence-electron chi connectivity index (χ3n) is 4.20. The number of amides is 2. The summed E-state index contributed by atoms with van der Waals surface area (Å²) < 4.78 is 5.89. The van der Waals surface area contributed by atoms with Crippen LogP contribution in [0.2, 0.25) is 0 Å². The Morgan fingerprint density at radius 1 is 1.32 bits per heavy atom. The van der Waals surface area contributed by atoms with Crippen LogP contribution in [0.4, 0.5) is 0 Å². The summed E-state index contributed by atoms with van der Waals surface area (Å²) in [5.74, 6) is 0.660. The van der Waals surface area contributed by atoms with Gasteiger partial charge in [-0.2, -0.15) is 0 Å². The Bertz CT molecular complexity index is 568. The van der Waals surface area contributed by atoms with Crippen molar-refractivity contribution in [3.63, 3.8) is 0 Å². The fourth-order valence-electron chi connectivity index (χ4n) is 2.97.